The molecule has 1 unspecified atom stereocenters. The van der Waals surface area contributed by atoms with Gasteiger partial charge in [0.15, 0.2) is 0 Å². The summed E-state index contributed by atoms with van der Waals surface area (Å²) in [6.07, 6.45) is 1.56. The molecule has 1 heterocycles. The minimum absolute atomic E-state index is 0.335. The van der Waals surface area contributed by atoms with E-state index in [9.17, 15) is 19.3 Å². The lowest BCUT2D eigenvalue weighted by atomic mass is 10.1. The molecule has 1 amide bonds. The van der Waals surface area contributed by atoms with E-state index in [1.165, 1.54) is 6.07 Å². The van der Waals surface area contributed by atoms with Gasteiger partial charge in [0.25, 0.3) is 0 Å². The normalized spacial score (nSPS) is 19.5. The van der Waals surface area contributed by atoms with E-state index in [0.717, 1.165) is 18.6 Å². The van der Waals surface area contributed by atoms with E-state index in [-0.39, 0.29) is 11.9 Å². The number of nitrogens with two attached hydrogens (primary N) is 1. The largest absolute Gasteiger partial charge is 0.368 e. The van der Waals surface area contributed by atoms with Crippen LogP contribution in [0.2, 0.25) is 0 Å². The van der Waals surface area contributed by atoms with Gasteiger partial charge in [-0.3, -0.25) is 19.8 Å². The Morgan fingerprint density at radius 1 is 1.58 bits per heavy atom. The number of nitro groups is 1. The Morgan fingerprint density at radius 2 is 2.32 bits per heavy atom. The molecule has 102 valence electrons. The molecule has 0 radical (unpaired) electrons. The fourth-order valence-electron chi connectivity index (χ4n) is 2.37. The minimum Gasteiger partial charge on any atom is -0.368 e. The summed E-state index contributed by atoms with van der Waals surface area (Å²) in [5, 5.41) is 10.5. The average Bonchev–Trinajstić information content (AvgIpc) is 2.76. The number of nitrogens with zero attached hydrogens (tertiary/aromatic N) is 2. The molecule has 6 nitrogen and oxygen atoms in total. The maximum Gasteiger partial charge on any atom is 0.304 e. The standard InChI is InChI=1S/C12H14FN3O3/c13-9-6-8(3-4-10(9)16(18)19)7-15-5-1-2-11(15)12(14)17/h3-4,6,11H,1-2,5,7H2,(H2,14,17). The second-order valence-electron chi connectivity index (χ2n) is 4.57. The van der Waals surface area contributed by atoms with Crippen LogP contribution in [0.3, 0.4) is 0 Å². The third kappa shape index (κ3) is 2.87. The quantitative estimate of drug-likeness (QED) is 0.655. The van der Waals surface area contributed by atoms with Crippen molar-refractivity contribution in [3.63, 3.8) is 0 Å². The Morgan fingerprint density at radius 3 is 2.89 bits per heavy atom. The van der Waals surface area contributed by atoms with E-state index >= 15 is 0 Å². The second-order valence-corrected chi connectivity index (χ2v) is 4.57. The van der Waals surface area contributed by atoms with Gasteiger partial charge < -0.3 is 5.73 Å². The molecule has 0 bridgehead atoms. The van der Waals surface area contributed by atoms with Gasteiger partial charge in [0, 0.05) is 12.6 Å². The molecular formula is C12H14FN3O3. The lowest BCUT2D eigenvalue weighted by molar-refractivity contribution is -0.387. The van der Waals surface area contributed by atoms with Gasteiger partial charge in [-0.15, -0.1) is 0 Å². The molecule has 1 aromatic rings. The Hall–Kier alpha value is -2.02. The van der Waals surface area contributed by atoms with Gasteiger partial charge >= 0.3 is 5.69 Å². The third-order valence-corrected chi connectivity index (χ3v) is 3.29. The van der Waals surface area contributed by atoms with Gasteiger partial charge in [-0.2, -0.15) is 4.39 Å². The van der Waals surface area contributed by atoms with E-state index in [1.54, 1.807) is 0 Å². The van der Waals surface area contributed by atoms with Crippen molar-refractivity contribution in [1.82, 2.24) is 4.90 Å². The summed E-state index contributed by atoms with van der Waals surface area (Å²) in [6, 6.07) is 3.43. The highest BCUT2D eigenvalue weighted by Gasteiger charge is 2.29. The summed E-state index contributed by atoms with van der Waals surface area (Å²) in [4.78, 5) is 22.8. The smallest absolute Gasteiger partial charge is 0.304 e. The lowest BCUT2D eigenvalue weighted by Crippen LogP contribution is -2.39. The number of amides is 1. The van der Waals surface area contributed by atoms with Crippen LogP contribution < -0.4 is 5.73 Å². The monoisotopic (exact) mass is 267 g/mol. The Balaban J connectivity index is 2.13. The molecule has 1 saturated heterocycles. The predicted octanol–water partition coefficient (Wildman–Crippen LogP) is 1.18. The topological polar surface area (TPSA) is 89.5 Å². The van der Waals surface area contributed by atoms with Crippen LogP contribution >= 0.6 is 0 Å². The maximum atomic E-state index is 13.5. The molecule has 0 spiro atoms. The molecule has 0 aromatic heterocycles. The van der Waals surface area contributed by atoms with E-state index in [4.69, 9.17) is 5.73 Å². The van der Waals surface area contributed by atoms with Crippen molar-refractivity contribution in [2.75, 3.05) is 6.54 Å². The zero-order chi connectivity index (χ0) is 14.0. The number of likely N-dealkylation sites (tertiary alicyclic amines) is 1. The number of carbonyl (C=O) groups excluding carboxylic acids is 1. The van der Waals surface area contributed by atoms with Crippen molar-refractivity contribution in [3.8, 4) is 0 Å². The van der Waals surface area contributed by atoms with Crippen molar-refractivity contribution in [2.24, 2.45) is 5.73 Å². The number of primary amides is 1. The van der Waals surface area contributed by atoms with Crippen molar-refractivity contribution in [1.29, 1.82) is 0 Å². The number of hydrogen-bond donors (Lipinski definition) is 1. The van der Waals surface area contributed by atoms with E-state index in [0.29, 0.717) is 25.1 Å². The summed E-state index contributed by atoms with van der Waals surface area (Å²) in [6.45, 7) is 1.08. The molecule has 19 heavy (non-hydrogen) atoms. The summed E-state index contributed by atoms with van der Waals surface area (Å²) in [7, 11) is 0. The first-order chi connectivity index (χ1) is 8.99. The summed E-state index contributed by atoms with van der Waals surface area (Å²) >= 11 is 0. The van der Waals surface area contributed by atoms with Crippen LogP contribution in [-0.4, -0.2) is 28.3 Å². The van der Waals surface area contributed by atoms with Gasteiger partial charge in [0.05, 0.1) is 11.0 Å². The third-order valence-electron chi connectivity index (χ3n) is 3.29. The molecule has 0 saturated carbocycles. The molecule has 7 heteroatoms. The molecule has 1 atom stereocenters. The zero-order valence-electron chi connectivity index (χ0n) is 10.2. The van der Waals surface area contributed by atoms with Gasteiger partial charge in [0.1, 0.15) is 0 Å². The molecular weight excluding hydrogens is 253 g/mol. The first kappa shape index (κ1) is 13.4. The fraction of sp³-hybridized carbons (Fsp3) is 0.417. The highest BCUT2D eigenvalue weighted by molar-refractivity contribution is 5.80. The van der Waals surface area contributed by atoms with Gasteiger partial charge in [-0.1, -0.05) is 6.07 Å². The number of benzene rings is 1. The van der Waals surface area contributed by atoms with E-state index < -0.39 is 16.4 Å². The first-order valence-electron chi connectivity index (χ1n) is 5.95. The van der Waals surface area contributed by atoms with Gasteiger partial charge in [-0.05, 0) is 31.0 Å². The van der Waals surface area contributed by atoms with Crippen LogP contribution in [0.4, 0.5) is 10.1 Å². The highest BCUT2D eigenvalue weighted by Crippen LogP contribution is 2.23. The molecule has 2 N–H and O–H groups in total. The second kappa shape index (κ2) is 5.31. The van der Waals surface area contributed by atoms with E-state index in [2.05, 4.69) is 0 Å². The molecule has 1 fully saturated rings. The minimum atomic E-state index is -0.864. The number of hydrogen-bond acceptors (Lipinski definition) is 4. The van der Waals surface area contributed by atoms with Crippen molar-refractivity contribution in [3.05, 3.63) is 39.7 Å². The maximum absolute atomic E-state index is 13.5. The lowest BCUT2D eigenvalue weighted by Gasteiger charge is -2.21. The summed E-state index contributed by atoms with van der Waals surface area (Å²) in [5.74, 6) is -1.25. The van der Waals surface area contributed by atoms with Crippen LogP contribution in [0.5, 0.6) is 0 Å². The van der Waals surface area contributed by atoms with Crippen LogP contribution in [-0.2, 0) is 11.3 Å². The van der Waals surface area contributed by atoms with Crippen LogP contribution in [0.15, 0.2) is 18.2 Å². The predicted molar refractivity (Wildman–Crippen MR) is 65.7 cm³/mol. The average molecular weight is 267 g/mol. The highest BCUT2D eigenvalue weighted by atomic mass is 19.1. The first-order valence-corrected chi connectivity index (χ1v) is 5.95. The molecule has 1 aliphatic heterocycles. The Bertz CT molecular complexity index is 521. The summed E-state index contributed by atoms with van der Waals surface area (Å²) in [5.41, 5.74) is 5.34. The number of carbonyl (C=O) groups is 1. The van der Waals surface area contributed by atoms with Gasteiger partial charge in [-0.25, -0.2) is 0 Å². The summed E-state index contributed by atoms with van der Waals surface area (Å²) < 4.78 is 13.5. The molecule has 2 rings (SSSR count). The fourth-order valence-corrected chi connectivity index (χ4v) is 2.37. The number of rotatable bonds is 4. The molecule has 1 aliphatic rings. The van der Waals surface area contributed by atoms with Gasteiger partial charge in [0.2, 0.25) is 11.7 Å². The molecule has 0 aliphatic carbocycles. The van der Waals surface area contributed by atoms with Crippen LogP contribution in [0.25, 0.3) is 0 Å². The van der Waals surface area contributed by atoms with Crippen LogP contribution in [0.1, 0.15) is 18.4 Å². The number of nitro benzene ring substituents is 1. The Labute approximate surface area is 109 Å². The SMILES string of the molecule is NC(=O)C1CCCN1Cc1ccc([N+](=O)[O-])c(F)c1. The van der Waals surface area contributed by atoms with Crippen molar-refractivity contribution in [2.45, 2.75) is 25.4 Å². The van der Waals surface area contributed by atoms with Crippen molar-refractivity contribution < 1.29 is 14.1 Å². The molecule has 1 aromatic carbocycles. The zero-order valence-corrected chi connectivity index (χ0v) is 10.2. The Kier molecular flexibility index (Phi) is 3.75. The van der Waals surface area contributed by atoms with Crippen molar-refractivity contribution >= 4 is 11.6 Å². The number of halogens is 1. The van der Waals surface area contributed by atoms with Crippen LogP contribution in [0, 0.1) is 15.9 Å². The van der Waals surface area contributed by atoms with E-state index in [1.807, 2.05) is 4.90 Å².